The summed E-state index contributed by atoms with van der Waals surface area (Å²) in [6, 6.07) is 0.0604. The molecule has 1 heterocycles. The predicted molar refractivity (Wildman–Crippen MR) is 75.7 cm³/mol. The molecule has 0 aliphatic carbocycles. The molecule has 1 saturated heterocycles. The summed E-state index contributed by atoms with van der Waals surface area (Å²) in [5.41, 5.74) is 0. The van der Waals surface area contributed by atoms with Gasteiger partial charge in [-0.05, 0) is 26.2 Å². The number of amides is 2. The number of urea groups is 1. The molecule has 1 unspecified atom stereocenters. The zero-order valence-electron chi connectivity index (χ0n) is 12.7. The average Bonchev–Trinajstić information content (AvgIpc) is 2.47. The van der Waals surface area contributed by atoms with Crippen molar-refractivity contribution in [2.45, 2.75) is 39.2 Å². The van der Waals surface area contributed by atoms with Gasteiger partial charge in [-0.2, -0.15) is 0 Å². The van der Waals surface area contributed by atoms with Gasteiger partial charge >= 0.3 is 12.0 Å². The third-order valence-corrected chi connectivity index (χ3v) is 3.95. The molecule has 6 nitrogen and oxygen atoms in total. The number of nitrogens with zero attached hydrogens (tertiary/aromatic N) is 2. The summed E-state index contributed by atoms with van der Waals surface area (Å²) in [6.07, 6.45) is 2.27. The van der Waals surface area contributed by atoms with Crippen LogP contribution in [0.4, 0.5) is 4.79 Å². The highest BCUT2D eigenvalue weighted by atomic mass is 16.5. The van der Waals surface area contributed by atoms with Gasteiger partial charge in [0.1, 0.15) is 0 Å². The van der Waals surface area contributed by atoms with Crippen LogP contribution in [0.1, 0.15) is 33.1 Å². The fraction of sp³-hybridized carbons (Fsp3) is 0.857. The van der Waals surface area contributed by atoms with E-state index in [1.807, 2.05) is 13.8 Å². The minimum absolute atomic E-state index is 0.0673. The Morgan fingerprint density at radius 1 is 1.50 bits per heavy atom. The molecule has 20 heavy (non-hydrogen) atoms. The maximum atomic E-state index is 12.6. The molecule has 1 fully saturated rings. The van der Waals surface area contributed by atoms with Crippen molar-refractivity contribution in [3.05, 3.63) is 0 Å². The lowest BCUT2D eigenvalue weighted by atomic mass is 9.98. The van der Waals surface area contributed by atoms with Crippen molar-refractivity contribution >= 4 is 12.0 Å². The number of hydrogen-bond donors (Lipinski definition) is 1. The van der Waals surface area contributed by atoms with E-state index in [-0.39, 0.29) is 12.1 Å². The molecule has 0 saturated carbocycles. The second-order valence-electron chi connectivity index (χ2n) is 5.35. The van der Waals surface area contributed by atoms with Crippen LogP contribution in [0, 0.1) is 5.92 Å². The lowest BCUT2D eigenvalue weighted by molar-refractivity contribution is -0.143. The van der Waals surface area contributed by atoms with E-state index in [2.05, 4.69) is 0 Å². The molecule has 2 atom stereocenters. The van der Waals surface area contributed by atoms with Crippen molar-refractivity contribution in [1.29, 1.82) is 0 Å². The SMILES string of the molecule is CCC(C)N(CCOC)C(=O)N1CCC[C@@H](C(=O)O)C1. The highest BCUT2D eigenvalue weighted by molar-refractivity contribution is 5.77. The van der Waals surface area contributed by atoms with Crippen molar-refractivity contribution in [1.82, 2.24) is 9.80 Å². The van der Waals surface area contributed by atoms with Gasteiger partial charge in [-0.15, -0.1) is 0 Å². The number of piperidine rings is 1. The second kappa shape index (κ2) is 8.09. The van der Waals surface area contributed by atoms with Crippen LogP contribution < -0.4 is 0 Å². The highest BCUT2D eigenvalue weighted by Crippen LogP contribution is 2.19. The summed E-state index contributed by atoms with van der Waals surface area (Å²) in [4.78, 5) is 27.1. The Bertz CT molecular complexity index is 335. The molecule has 0 aromatic heterocycles. The van der Waals surface area contributed by atoms with Crippen LogP contribution in [-0.4, -0.2) is 66.3 Å². The quantitative estimate of drug-likeness (QED) is 0.806. The molecule has 0 bridgehead atoms. The van der Waals surface area contributed by atoms with Crippen LogP contribution in [0.2, 0.25) is 0 Å². The molecule has 1 aliphatic heterocycles. The summed E-state index contributed by atoms with van der Waals surface area (Å²) in [6.45, 7) is 6.03. The first kappa shape index (κ1) is 16.8. The van der Waals surface area contributed by atoms with Crippen LogP contribution in [-0.2, 0) is 9.53 Å². The molecule has 116 valence electrons. The largest absolute Gasteiger partial charge is 0.481 e. The van der Waals surface area contributed by atoms with Gasteiger partial charge in [0.2, 0.25) is 0 Å². The zero-order valence-corrected chi connectivity index (χ0v) is 12.7. The number of likely N-dealkylation sites (tertiary alicyclic amines) is 1. The number of carboxylic acid groups (broad SMARTS) is 1. The molecule has 0 spiro atoms. The maximum Gasteiger partial charge on any atom is 0.320 e. The molecule has 1 aliphatic rings. The van der Waals surface area contributed by atoms with Crippen molar-refractivity contribution in [2.24, 2.45) is 5.92 Å². The minimum atomic E-state index is -0.811. The molecule has 2 amide bonds. The van der Waals surface area contributed by atoms with Gasteiger partial charge in [0, 0.05) is 32.8 Å². The first-order chi connectivity index (χ1) is 9.51. The van der Waals surface area contributed by atoms with Crippen molar-refractivity contribution < 1.29 is 19.4 Å². The Hall–Kier alpha value is -1.30. The van der Waals surface area contributed by atoms with Crippen LogP contribution >= 0.6 is 0 Å². The topological polar surface area (TPSA) is 70.1 Å². The summed E-state index contributed by atoms with van der Waals surface area (Å²) >= 11 is 0. The Kier molecular flexibility index (Phi) is 6.78. The lowest BCUT2D eigenvalue weighted by Gasteiger charge is -2.37. The van der Waals surface area contributed by atoms with Gasteiger partial charge in [0.25, 0.3) is 0 Å². The first-order valence-corrected chi connectivity index (χ1v) is 7.28. The fourth-order valence-corrected chi connectivity index (χ4v) is 2.45. The minimum Gasteiger partial charge on any atom is -0.481 e. The van der Waals surface area contributed by atoms with Gasteiger partial charge < -0.3 is 19.6 Å². The smallest absolute Gasteiger partial charge is 0.320 e. The van der Waals surface area contributed by atoms with Gasteiger partial charge in [-0.25, -0.2) is 4.79 Å². The number of carbonyl (C=O) groups is 2. The normalized spacial score (nSPS) is 20.6. The summed E-state index contributed by atoms with van der Waals surface area (Å²) in [5, 5.41) is 9.10. The van der Waals surface area contributed by atoms with Crippen LogP contribution in [0.5, 0.6) is 0 Å². The molecule has 0 radical (unpaired) electrons. The van der Waals surface area contributed by atoms with E-state index in [0.717, 1.165) is 12.8 Å². The molecule has 1 rings (SSSR count). The fourth-order valence-electron chi connectivity index (χ4n) is 2.45. The molecule has 0 aromatic rings. The third-order valence-electron chi connectivity index (χ3n) is 3.95. The van der Waals surface area contributed by atoms with E-state index in [4.69, 9.17) is 9.84 Å². The lowest BCUT2D eigenvalue weighted by Crippen LogP contribution is -2.52. The summed E-state index contributed by atoms with van der Waals surface area (Å²) < 4.78 is 5.06. The van der Waals surface area contributed by atoms with Gasteiger partial charge in [0.15, 0.2) is 0 Å². The van der Waals surface area contributed by atoms with Crippen molar-refractivity contribution in [3.8, 4) is 0 Å². The first-order valence-electron chi connectivity index (χ1n) is 7.28. The maximum absolute atomic E-state index is 12.6. The Labute approximate surface area is 120 Å². The summed E-state index contributed by atoms with van der Waals surface area (Å²) in [7, 11) is 1.61. The van der Waals surface area contributed by atoms with E-state index < -0.39 is 11.9 Å². The number of carbonyl (C=O) groups excluding carboxylic acids is 1. The number of aliphatic carboxylic acids is 1. The van der Waals surface area contributed by atoms with E-state index in [1.165, 1.54) is 0 Å². The van der Waals surface area contributed by atoms with E-state index >= 15 is 0 Å². The van der Waals surface area contributed by atoms with Gasteiger partial charge in [-0.3, -0.25) is 4.79 Å². The molecule has 0 aromatic carbocycles. The number of ether oxygens (including phenoxy) is 1. The second-order valence-corrected chi connectivity index (χ2v) is 5.35. The molecule has 6 heteroatoms. The monoisotopic (exact) mass is 286 g/mol. The average molecular weight is 286 g/mol. The number of rotatable bonds is 6. The standard InChI is InChI=1S/C14H26N2O4/c1-4-11(2)16(8-9-20-3)14(19)15-7-5-6-12(10-15)13(17)18/h11-12H,4-10H2,1-3H3,(H,17,18)/t11?,12-/m1/s1. The highest BCUT2D eigenvalue weighted by Gasteiger charge is 2.31. The van der Waals surface area contributed by atoms with Gasteiger partial charge in [0.05, 0.1) is 12.5 Å². The van der Waals surface area contributed by atoms with E-state index in [1.54, 1.807) is 16.9 Å². The number of hydrogen-bond acceptors (Lipinski definition) is 3. The Morgan fingerprint density at radius 3 is 2.75 bits per heavy atom. The predicted octanol–water partition coefficient (Wildman–Crippen LogP) is 1.65. The third kappa shape index (κ3) is 4.37. The van der Waals surface area contributed by atoms with E-state index in [0.29, 0.717) is 32.7 Å². The molecule has 1 N–H and O–H groups in total. The van der Waals surface area contributed by atoms with Crippen LogP contribution in [0.25, 0.3) is 0 Å². The number of carboxylic acids is 1. The van der Waals surface area contributed by atoms with E-state index in [9.17, 15) is 9.59 Å². The molecular weight excluding hydrogens is 260 g/mol. The molecular formula is C14H26N2O4. The van der Waals surface area contributed by atoms with Crippen molar-refractivity contribution in [2.75, 3.05) is 33.4 Å². The van der Waals surface area contributed by atoms with Crippen molar-refractivity contribution in [3.63, 3.8) is 0 Å². The van der Waals surface area contributed by atoms with Crippen LogP contribution in [0.15, 0.2) is 0 Å². The number of methoxy groups -OCH3 is 1. The van der Waals surface area contributed by atoms with Crippen LogP contribution in [0.3, 0.4) is 0 Å². The zero-order chi connectivity index (χ0) is 15.1. The Balaban J connectivity index is 2.69. The Morgan fingerprint density at radius 2 is 2.20 bits per heavy atom. The summed E-state index contributed by atoms with van der Waals surface area (Å²) in [5.74, 6) is -1.25. The van der Waals surface area contributed by atoms with Gasteiger partial charge in [-0.1, -0.05) is 6.92 Å².